The number of rotatable bonds is 6. The van der Waals surface area contributed by atoms with Gasteiger partial charge >= 0.3 is 0 Å². The van der Waals surface area contributed by atoms with E-state index in [1.165, 1.54) is 6.42 Å². The van der Waals surface area contributed by atoms with Crippen LogP contribution in [0.5, 0.6) is 0 Å². The summed E-state index contributed by atoms with van der Waals surface area (Å²) in [5.74, 6) is 0. The third kappa shape index (κ3) is 7.41. The molecule has 12 heteroatoms. The summed E-state index contributed by atoms with van der Waals surface area (Å²) in [6, 6.07) is 3.55. The molecular formula is C24H24Cl4N6O2. The van der Waals surface area contributed by atoms with E-state index in [0.717, 1.165) is 41.7 Å². The largest absolute Gasteiger partial charge is 0.353 e. The van der Waals surface area contributed by atoms with Gasteiger partial charge in [0.05, 0.1) is 35.6 Å². The predicted octanol–water partition coefficient (Wildman–Crippen LogP) is 6.58. The normalized spacial score (nSPS) is 15.4. The first-order chi connectivity index (χ1) is 17.4. The second kappa shape index (κ2) is 12.9. The van der Waals surface area contributed by atoms with Crippen LogP contribution in [-0.2, 0) is 23.1 Å². The van der Waals surface area contributed by atoms with Crippen molar-refractivity contribution in [1.82, 2.24) is 29.5 Å². The van der Waals surface area contributed by atoms with Gasteiger partial charge in [-0.15, -0.1) is 0 Å². The van der Waals surface area contributed by atoms with Crippen LogP contribution in [0.1, 0.15) is 19.3 Å². The SMILES string of the molecule is Clc1cc(-c2cnn(CCOC3CCCCO3)c2)cnc1Cl.Cn1cc(-c2cnc(Cl)c(Cl)c2)cn1. The van der Waals surface area contributed by atoms with Crippen molar-refractivity contribution in [3.63, 3.8) is 0 Å². The highest BCUT2D eigenvalue weighted by atomic mass is 35.5. The molecule has 5 rings (SSSR count). The highest BCUT2D eigenvalue weighted by Crippen LogP contribution is 2.27. The van der Waals surface area contributed by atoms with Crippen molar-refractivity contribution < 1.29 is 9.47 Å². The number of nitrogens with zero attached hydrogens (tertiary/aromatic N) is 6. The van der Waals surface area contributed by atoms with E-state index in [-0.39, 0.29) is 6.29 Å². The molecule has 5 heterocycles. The quantitative estimate of drug-likeness (QED) is 0.244. The highest BCUT2D eigenvalue weighted by molar-refractivity contribution is 6.41. The van der Waals surface area contributed by atoms with Crippen LogP contribution < -0.4 is 0 Å². The van der Waals surface area contributed by atoms with E-state index in [1.807, 2.05) is 24.1 Å². The molecule has 36 heavy (non-hydrogen) atoms. The summed E-state index contributed by atoms with van der Waals surface area (Å²) >= 11 is 23.4. The number of aryl methyl sites for hydroxylation is 1. The summed E-state index contributed by atoms with van der Waals surface area (Å²) in [4.78, 5) is 8.00. The number of aromatic nitrogens is 6. The van der Waals surface area contributed by atoms with E-state index in [0.29, 0.717) is 33.5 Å². The lowest BCUT2D eigenvalue weighted by Gasteiger charge is -2.22. The van der Waals surface area contributed by atoms with Crippen LogP contribution in [0, 0.1) is 0 Å². The topological polar surface area (TPSA) is 79.9 Å². The summed E-state index contributed by atoms with van der Waals surface area (Å²) < 4.78 is 14.8. The maximum Gasteiger partial charge on any atom is 0.157 e. The molecule has 4 aromatic heterocycles. The minimum absolute atomic E-state index is 0.0666. The Balaban J connectivity index is 0.000000187. The molecule has 1 aliphatic heterocycles. The molecule has 0 saturated carbocycles. The van der Waals surface area contributed by atoms with Gasteiger partial charge < -0.3 is 9.47 Å². The zero-order valence-electron chi connectivity index (χ0n) is 19.5. The first-order valence-corrected chi connectivity index (χ1v) is 12.8. The molecule has 0 N–H and O–H groups in total. The third-order valence-electron chi connectivity index (χ3n) is 5.36. The lowest BCUT2D eigenvalue weighted by Crippen LogP contribution is -2.24. The second-order valence-electron chi connectivity index (χ2n) is 8.05. The fourth-order valence-electron chi connectivity index (χ4n) is 3.48. The molecule has 1 atom stereocenters. The molecule has 190 valence electrons. The van der Waals surface area contributed by atoms with Gasteiger partial charge in [-0.3, -0.25) is 9.36 Å². The third-order valence-corrected chi connectivity index (χ3v) is 6.73. The number of hydrogen-bond donors (Lipinski definition) is 0. The molecule has 0 bridgehead atoms. The summed E-state index contributed by atoms with van der Waals surface area (Å²) in [6.45, 7) is 2.04. The fraction of sp³-hybridized carbons (Fsp3) is 0.333. The van der Waals surface area contributed by atoms with Gasteiger partial charge in [0.15, 0.2) is 6.29 Å². The van der Waals surface area contributed by atoms with Gasteiger partial charge in [-0.2, -0.15) is 10.2 Å². The standard InChI is InChI=1S/C15H17Cl2N3O2.C9H7Cl2N3/c16-13-7-11(8-18-15(13)17)12-9-19-20(10-12)4-6-22-14-3-1-2-5-21-14;1-14-5-7(4-13-14)6-2-8(10)9(11)12-3-6/h7-10,14H,1-6H2;2-5H,1H3. The smallest absolute Gasteiger partial charge is 0.157 e. The first kappa shape index (κ1) is 26.9. The molecule has 8 nitrogen and oxygen atoms in total. The number of pyridine rings is 2. The summed E-state index contributed by atoms with van der Waals surface area (Å²) in [5.41, 5.74) is 3.71. The Morgan fingerprint density at radius 3 is 2.06 bits per heavy atom. The Labute approximate surface area is 229 Å². The summed E-state index contributed by atoms with van der Waals surface area (Å²) in [6.07, 6.45) is 13.9. The Bertz CT molecular complexity index is 1290. The maximum atomic E-state index is 5.98. The molecule has 0 amide bonds. The Kier molecular flexibility index (Phi) is 9.59. The zero-order chi connectivity index (χ0) is 25.5. The van der Waals surface area contributed by atoms with Crippen LogP contribution in [0.2, 0.25) is 20.4 Å². The number of ether oxygens (including phenoxy) is 2. The van der Waals surface area contributed by atoms with Gasteiger partial charge in [0.2, 0.25) is 0 Å². The van der Waals surface area contributed by atoms with Crippen molar-refractivity contribution in [3.8, 4) is 22.3 Å². The van der Waals surface area contributed by atoms with E-state index < -0.39 is 0 Å². The average molecular weight is 570 g/mol. The van der Waals surface area contributed by atoms with Crippen molar-refractivity contribution in [1.29, 1.82) is 0 Å². The lowest BCUT2D eigenvalue weighted by atomic mass is 10.2. The van der Waals surface area contributed by atoms with Crippen molar-refractivity contribution in [2.45, 2.75) is 32.1 Å². The van der Waals surface area contributed by atoms with Crippen molar-refractivity contribution in [3.05, 3.63) is 69.7 Å². The van der Waals surface area contributed by atoms with Crippen LogP contribution in [-0.4, -0.2) is 49.0 Å². The molecule has 1 saturated heterocycles. The van der Waals surface area contributed by atoms with Crippen LogP contribution in [0.4, 0.5) is 0 Å². The van der Waals surface area contributed by atoms with Gasteiger partial charge in [0.25, 0.3) is 0 Å². The average Bonchev–Trinajstić information content (AvgIpc) is 3.53. The molecule has 1 aliphatic rings. The minimum atomic E-state index is -0.0666. The van der Waals surface area contributed by atoms with Crippen molar-refractivity contribution >= 4 is 46.4 Å². The lowest BCUT2D eigenvalue weighted by molar-refractivity contribution is -0.163. The van der Waals surface area contributed by atoms with E-state index in [4.69, 9.17) is 55.9 Å². The number of halogens is 4. The highest BCUT2D eigenvalue weighted by Gasteiger charge is 2.14. The Morgan fingerprint density at radius 2 is 1.50 bits per heavy atom. The predicted molar refractivity (Wildman–Crippen MR) is 141 cm³/mol. The molecule has 1 unspecified atom stereocenters. The monoisotopic (exact) mass is 568 g/mol. The van der Waals surface area contributed by atoms with Crippen molar-refractivity contribution in [2.24, 2.45) is 7.05 Å². The molecule has 4 aromatic rings. The van der Waals surface area contributed by atoms with Gasteiger partial charge in [0, 0.05) is 60.7 Å². The Morgan fingerprint density at radius 1 is 0.861 bits per heavy atom. The summed E-state index contributed by atoms with van der Waals surface area (Å²) in [5, 5.41) is 9.89. The fourth-order valence-corrected chi connectivity index (χ4v) is 4.02. The first-order valence-electron chi connectivity index (χ1n) is 11.3. The van der Waals surface area contributed by atoms with Crippen LogP contribution in [0.3, 0.4) is 0 Å². The molecule has 1 fully saturated rings. The molecule has 0 spiro atoms. The van der Waals surface area contributed by atoms with Crippen LogP contribution in [0.25, 0.3) is 22.3 Å². The van der Waals surface area contributed by atoms with Crippen molar-refractivity contribution in [2.75, 3.05) is 13.2 Å². The van der Waals surface area contributed by atoms with E-state index >= 15 is 0 Å². The van der Waals surface area contributed by atoms with Gasteiger partial charge in [-0.1, -0.05) is 46.4 Å². The summed E-state index contributed by atoms with van der Waals surface area (Å²) in [7, 11) is 1.86. The van der Waals surface area contributed by atoms with Gasteiger partial charge in [-0.25, -0.2) is 9.97 Å². The van der Waals surface area contributed by atoms with E-state index in [2.05, 4.69) is 20.2 Å². The molecule has 0 aromatic carbocycles. The van der Waals surface area contributed by atoms with Gasteiger partial charge in [0.1, 0.15) is 10.3 Å². The van der Waals surface area contributed by atoms with Crippen LogP contribution >= 0.6 is 46.4 Å². The van der Waals surface area contributed by atoms with Gasteiger partial charge in [-0.05, 0) is 31.4 Å². The van der Waals surface area contributed by atoms with E-state index in [9.17, 15) is 0 Å². The minimum Gasteiger partial charge on any atom is -0.353 e. The van der Waals surface area contributed by atoms with E-state index in [1.54, 1.807) is 41.6 Å². The second-order valence-corrected chi connectivity index (χ2v) is 9.59. The Hall–Kier alpha value is -2.20. The number of hydrogen-bond acceptors (Lipinski definition) is 6. The molecule has 0 radical (unpaired) electrons. The zero-order valence-corrected chi connectivity index (χ0v) is 22.5. The molecule has 0 aliphatic carbocycles. The maximum absolute atomic E-state index is 5.98. The molecular weight excluding hydrogens is 546 g/mol. The van der Waals surface area contributed by atoms with Crippen LogP contribution in [0.15, 0.2) is 49.3 Å².